The lowest BCUT2D eigenvalue weighted by atomic mass is 10.1. The van der Waals surface area contributed by atoms with Crippen LogP contribution in [0.3, 0.4) is 0 Å². The van der Waals surface area contributed by atoms with Gasteiger partial charge in [-0.05, 0) is 52.3 Å². The van der Waals surface area contributed by atoms with Crippen LogP contribution in [0.2, 0.25) is 0 Å². The van der Waals surface area contributed by atoms with Gasteiger partial charge in [-0.3, -0.25) is 4.79 Å². The van der Waals surface area contributed by atoms with Gasteiger partial charge >= 0.3 is 0 Å². The van der Waals surface area contributed by atoms with Crippen molar-refractivity contribution in [1.82, 2.24) is 0 Å². The normalized spacial score (nSPS) is 12.8. The van der Waals surface area contributed by atoms with Crippen molar-refractivity contribution in [2.45, 2.75) is 0 Å². The molecule has 0 radical (unpaired) electrons. The van der Waals surface area contributed by atoms with E-state index in [0.29, 0.717) is 36.0 Å². The van der Waals surface area contributed by atoms with Gasteiger partial charge in [-0.25, -0.2) is 0 Å². The highest BCUT2D eigenvalue weighted by Gasteiger charge is 2.15. The fourth-order valence-corrected chi connectivity index (χ4v) is 3.20. The Balaban J connectivity index is 1.69. The third-order valence-corrected chi connectivity index (χ3v) is 4.23. The molecule has 1 heterocycles. The largest absolute Gasteiger partial charge is 0.486 e. The lowest BCUT2D eigenvalue weighted by molar-refractivity contribution is 0.0920. The quantitative estimate of drug-likeness (QED) is 0.684. The minimum absolute atomic E-state index is 0.0418. The number of fused-ring (bicyclic) bond motifs is 1. The molecule has 0 spiro atoms. The summed E-state index contributed by atoms with van der Waals surface area (Å²) in [6.07, 6.45) is 0. The number of benzene rings is 2. The molecule has 22 heavy (non-hydrogen) atoms. The first kappa shape index (κ1) is 15.4. The Morgan fingerprint density at radius 3 is 2.59 bits per heavy atom. The number of ether oxygens (including phenoxy) is 3. The monoisotopic (exact) mass is 426 g/mol. The molecule has 0 aromatic heterocycles. The Morgan fingerprint density at radius 2 is 1.82 bits per heavy atom. The summed E-state index contributed by atoms with van der Waals surface area (Å²) in [5.74, 6) is 1.77. The summed E-state index contributed by atoms with van der Waals surface area (Å²) in [5.41, 5.74) is 0.539. The summed E-state index contributed by atoms with van der Waals surface area (Å²) in [6.45, 7) is 0.980. The van der Waals surface area contributed by atoms with Crippen molar-refractivity contribution in [2.75, 3.05) is 19.8 Å². The zero-order valence-corrected chi connectivity index (χ0v) is 14.6. The number of rotatable bonds is 4. The van der Waals surface area contributed by atoms with Crippen LogP contribution in [0.15, 0.2) is 45.3 Å². The molecular formula is C16H12Br2O4. The van der Waals surface area contributed by atoms with E-state index < -0.39 is 0 Å². The van der Waals surface area contributed by atoms with Crippen LogP contribution in [0.5, 0.6) is 17.2 Å². The van der Waals surface area contributed by atoms with Crippen LogP contribution in [-0.2, 0) is 0 Å². The maximum absolute atomic E-state index is 12.2. The first-order chi connectivity index (χ1) is 10.6. The van der Waals surface area contributed by atoms with Crippen molar-refractivity contribution >= 4 is 37.6 Å². The van der Waals surface area contributed by atoms with Crippen LogP contribution < -0.4 is 14.2 Å². The Morgan fingerprint density at radius 1 is 1.05 bits per heavy atom. The standard InChI is InChI=1S/C16H12Br2O4/c17-11-2-4-14(12(18)8-11)22-9-13(19)10-1-3-15-16(7-10)21-6-5-20-15/h1-4,7-8H,5-6,9H2. The van der Waals surface area contributed by atoms with E-state index in [9.17, 15) is 4.79 Å². The summed E-state index contributed by atoms with van der Waals surface area (Å²) in [5, 5.41) is 0. The number of carbonyl (C=O) groups excluding carboxylic acids is 1. The molecule has 0 amide bonds. The zero-order valence-electron chi connectivity index (χ0n) is 11.5. The molecule has 1 aliphatic heterocycles. The molecule has 0 unspecified atom stereocenters. The predicted octanol–water partition coefficient (Wildman–Crippen LogP) is 4.24. The number of hydrogen-bond donors (Lipinski definition) is 0. The molecule has 4 nitrogen and oxygen atoms in total. The minimum atomic E-state index is -0.119. The SMILES string of the molecule is O=C(COc1ccc(Br)cc1Br)c1ccc2c(c1)OCCO2. The second-order valence-electron chi connectivity index (χ2n) is 4.65. The van der Waals surface area contributed by atoms with Gasteiger partial charge in [-0.2, -0.15) is 0 Å². The van der Waals surface area contributed by atoms with E-state index in [1.165, 1.54) is 0 Å². The van der Waals surface area contributed by atoms with Crippen LogP contribution in [0.25, 0.3) is 0 Å². The molecule has 0 atom stereocenters. The van der Waals surface area contributed by atoms with Crippen LogP contribution in [0, 0.1) is 0 Å². The van der Waals surface area contributed by atoms with Crippen LogP contribution in [0.1, 0.15) is 10.4 Å². The van der Waals surface area contributed by atoms with Gasteiger partial charge in [0.25, 0.3) is 0 Å². The van der Waals surface area contributed by atoms with Crippen molar-refractivity contribution in [2.24, 2.45) is 0 Å². The molecule has 0 saturated heterocycles. The number of halogens is 2. The van der Waals surface area contributed by atoms with Gasteiger partial charge in [0.05, 0.1) is 4.47 Å². The van der Waals surface area contributed by atoms with E-state index in [2.05, 4.69) is 31.9 Å². The molecule has 2 aromatic carbocycles. The Hall–Kier alpha value is -1.53. The molecular weight excluding hydrogens is 416 g/mol. The Labute approximate surface area is 144 Å². The van der Waals surface area contributed by atoms with Crippen molar-refractivity contribution in [1.29, 1.82) is 0 Å². The minimum Gasteiger partial charge on any atom is -0.486 e. The van der Waals surface area contributed by atoms with Gasteiger partial charge in [-0.15, -0.1) is 0 Å². The molecule has 1 aliphatic rings. The smallest absolute Gasteiger partial charge is 0.200 e. The summed E-state index contributed by atoms with van der Waals surface area (Å²) in [6, 6.07) is 10.7. The average molecular weight is 428 g/mol. The molecule has 0 N–H and O–H groups in total. The Bertz CT molecular complexity index is 715. The van der Waals surface area contributed by atoms with E-state index in [4.69, 9.17) is 14.2 Å². The van der Waals surface area contributed by atoms with Crippen LogP contribution >= 0.6 is 31.9 Å². The van der Waals surface area contributed by atoms with E-state index in [0.717, 1.165) is 8.95 Å². The highest BCUT2D eigenvalue weighted by atomic mass is 79.9. The number of ketones is 1. The van der Waals surface area contributed by atoms with Gasteiger partial charge in [0.1, 0.15) is 19.0 Å². The average Bonchev–Trinajstić information content (AvgIpc) is 2.53. The van der Waals surface area contributed by atoms with E-state index in [-0.39, 0.29) is 12.4 Å². The molecule has 0 bridgehead atoms. The predicted molar refractivity (Wildman–Crippen MR) is 89.1 cm³/mol. The van der Waals surface area contributed by atoms with Gasteiger partial charge in [0.2, 0.25) is 0 Å². The van der Waals surface area contributed by atoms with E-state index in [1.54, 1.807) is 24.3 Å². The van der Waals surface area contributed by atoms with Crippen molar-refractivity contribution in [3.63, 3.8) is 0 Å². The second-order valence-corrected chi connectivity index (χ2v) is 6.42. The summed E-state index contributed by atoms with van der Waals surface area (Å²) >= 11 is 6.77. The third-order valence-electron chi connectivity index (χ3n) is 3.12. The van der Waals surface area contributed by atoms with Gasteiger partial charge in [0.15, 0.2) is 23.9 Å². The summed E-state index contributed by atoms with van der Waals surface area (Å²) in [7, 11) is 0. The first-order valence-corrected chi connectivity index (χ1v) is 8.23. The highest BCUT2D eigenvalue weighted by Crippen LogP contribution is 2.31. The van der Waals surface area contributed by atoms with Gasteiger partial charge < -0.3 is 14.2 Å². The lowest BCUT2D eigenvalue weighted by Gasteiger charge is -2.18. The fraction of sp³-hybridized carbons (Fsp3) is 0.188. The summed E-state index contributed by atoms with van der Waals surface area (Å²) < 4.78 is 18.2. The lowest BCUT2D eigenvalue weighted by Crippen LogP contribution is -2.17. The van der Waals surface area contributed by atoms with Crippen molar-refractivity contribution in [3.05, 3.63) is 50.9 Å². The third kappa shape index (κ3) is 3.44. The number of carbonyl (C=O) groups is 1. The molecule has 0 fully saturated rings. The molecule has 114 valence electrons. The Kier molecular flexibility index (Phi) is 4.69. The zero-order chi connectivity index (χ0) is 15.5. The van der Waals surface area contributed by atoms with E-state index in [1.807, 2.05) is 12.1 Å². The molecule has 6 heteroatoms. The van der Waals surface area contributed by atoms with Crippen molar-refractivity contribution < 1.29 is 19.0 Å². The van der Waals surface area contributed by atoms with Crippen LogP contribution in [0.4, 0.5) is 0 Å². The maximum Gasteiger partial charge on any atom is 0.200 e. The second kappa shape index (κ2) is 6.71. The topological polar surface area (TPSA) is 44.8 Å². The van der Waals surface area contributed by atoms with E-state index >= 15 is 0 Å². The summed E-state index contributed by atoms with van der Waals surface area (Å²) in [4.78, 5) is 12.2. The van der Waals surface area contributed by atoms with Crippen LogP contribution in [-0.4, -0.2) is 25.6 Å². The number of hydrogen-bond acceptors (Lipinski definition) is 4. The number of Topliss-reactive ketones (excluding diaryl/α,β-unsaturated/α-hetero) is 1. The molecule has 2 aromatic rings. The maximum atomic E-state index is 12.2. The van der Waals surface area contributed by atoms with Gasteiger partial charge in [-0.1, -0.05) is 15.9 Å². The molecule has 0 saturated carbocycles. The molecule has 3 rings (SSSR count). The fourth-order valence-electron chi connectivity index (χ4n) is 2.04. The molecule has 0 aliphatic carbocycles. The van der Waals surface area contributed by atoms with Crippen molar-refractivity contribution in [3.8, 4) is 17.2 Å². The first-order valence-electron chi connectivity index (χ1n) is 6.64. The highest BCUT2D eigenvalue weighted by molar-refractivity contribution is 9.11. The van der Waals surface area contributed by atoms with Gasteiger partial charge in [0, 0.05) is 10.0 Å².